The highest BCUT2D eigenvalue weighted by Gasteiger charge is 2.25. The van der Waals surface area contributed by atoms with Gasteiger partial charge in [0.15, 0.2) is 5.96 Å². The van der Waals surface area contributed by atoms with Crippen molar-refractivity contribution < 1.29 is 13.2 Å². The summed E-state index contributed by atoms with van der Waals surface area (Å²) in [5, 5.41) is 3.19. The molecule has 9 heteroatoms. The first-order chi connectivity index (χ1) is 11.6. The van der Waals surface area contributed by atoms with E-state index < -0.39 is 10.0 Å². The van der Waals surface area contributed by atoms with E-state index in [2.05, 4.69) is 27.3 Å². The molecule has 0 unspecified atom stereocenters. The quantitative estimate of drug-likeness (QED) is 0.394. The van der Waals surface area contributed by atoms with Crippen LogP contribution in [0.2, 0.25) is 0 Å². The van der Waals surface area contributed by atoms with E-state index in [9.17, 15) is 8.42 Å². The predicted molar refractivity (Wildman–Crippen MR) is 110 cm³/mol. The second kappa shape index (κ2) is 9.15. The van der Waals surface area contributed by atoms with Crippen LogP contribution in [0.3, 0.4) is 0 Å². The van der Waals surface area contributed by atoms with E-state index in [0.717, 1.165) is 24.6 Å². The highest BCUT2D eigenvalue weighted by atomic mass is 127. The van der Waals surface area contributed by atoms with Gasteiger partial charge < -0.3 is 15.0 Å². The average molecular weight is 480 g/mol. The number of nitrogens with zero attached hydrogens (tertiary/aromatic N) is 3. The molecular weight excluding hydrogens is 455 g/mol. The lowest BCUT2D eigenvalue weighted by molar-refractivity contribution is 0.0730. The molecule has 25 heavy (non-hydrogen) atoms. The first-order valence-electron chi connectivity index (χ1n) is 8.23. The highest BCUT2D eigenvalue weighted by Crippen LogP contribution is 2.27. The molecule has 0 atom stereocenters. The molecule has 1 aromatic carbocycles. The summed E-state index contributed by atoms with van der Waals surface area (Å²) in [7, 11) is -1.53. The molecule has 0 spiro atoms. The number of hydrogen-bond acceptors (Lipinski definition) is 4. The number of fused-ring (bicyclic) bond motifs is 1. The second-order valence-corrected chi connectivity index (χ2v) is 7.92. The number of halogens is 1. The van der Waals surface area contributed by atoms with Gasteiger partial charge in [-0.2, -0.15) is 4.31 Å². The molecule has 0 aliphatic carbocycles. The van der Waals surface area contributed by atoms with Gasteiger partial charge in [-0.15, -0.1) is 24.0 Å². The Bertz CT molecular complexity index is 705. The number of ether oxygens (including phenoxy) is 1. The number of guanidine groups is 1. The Morgan fingerprint density at radius 2 is 1.96 bits per heavy atom. The SMILES string of the molecule is CN=C(NCCS(=O)(=O)N1CCOCC1)N1CCc2ccccc21.I. The van der Waals surface area contributed by atoms with E-state index >= 15 is 0 Å². The standard InChI is InChI=1S/C16H24N4O3S.HI/c1-17-16(20-8-6-14-4-2-3-5-15(14)20)18-7-13-24(21,22)19-9-11-23-12-10-19;/h2-5H,6-13H2,1H3,(H,17,18);1H. The van der Waals surface area contributed by atoms with Gasteiger partial charge in [0.1, 0.15) is 0 Å². The van der Waals surface area contributed by atoms with Crippen LogP contribution in [0.15, 0.2) is 29.3 Å². The highest BCUT2D eigenvalue weighted by molar-refractivity contribution is 14.0. The summed E-state index contributed by atoms with van der Waals surface area (Å²) < 4.78 is 31.4. The van der Waals surface area contributed by atoms with E-state index in [1.54, 1.807) is 7.05 Å². The van der Waals surface area contributed by atoms with Gasteiger partial charge in [0.2, 0.25) is 10.0 Å². The van der Waals surface area contributed by atoms with Crippen LogP contribution in [0.4, 0.5) is 5.69 Å². The molecule has 1 N–H and O–H groups in total. The van der Waals surface area contributed by atoms with E-state index in [0.29, 0.717) is 32.8 Å². The van der Waals surface area contributed by atoms with Crippen molar-refractivity contribution >= 4 is 45.6 Å². The lowest BCUT2D eigenvalue weighted by Gasteiger charge is -2.27. The number of rotatable bonds is 4. The van der Waals surface area contributed by atoms with Crippen molar-refractivity contribution in [3.63, 3.8) is 0 Å². The number of aliphatic imine (C=N–C) groups is 1. The first kappa shape index (κ1) is 20.4. The van der Waals surface area contributed by atoms with Gasteiger partial charge in [0.25, 0.3) is 0 Å². The average Bonchev–Trinajstić information content (AvgIpc) is 3.03. The Labute approximate surface area is 166 Å². The molecule has 3 rings (SSSR count). The summed E-state index contributed by atoms with van der Waals surface area (Å²) in [6.45, 7) is 3.02. The van der Waals surface area contributed by atoms with E-state index in [1.165, 1.54) is 9.87 Å². The Morgan fingerprint density at radius 1 is 1.24 bits per heavy atom. The van der Waals surface area contributed by atoms with Crippen molar-refractivity contribution in [1.29, 1.82) is 0 Å². The molecule has 1 fully saturated rings. The van der Waals surface area contributed by atoms with Crippen LogP contribution in [0.1, 0.15) is 5.56 Å². The monoisotopic (exact) mass is 480 g/mol. The summed E-state index contributed by atoms with van der Waals surface area (Å²) in [4.78, 5) is 6.41. The van der Waals surface area contributed by atoms with Crippen LogP contribution in [0.25, 0.3) is 0 Å². The van der Waals surface area contributed by atoms with E-state index in [4.69, 9.17) is 4.74 Å². The van der Waals surface area contributed by atoms with Crippen LogP contribution >= 0.6 is 24.0 Å². The molecule has 2 aliphatic rings. The summed E-state index contributed by atoms with van der Waals surface area (Å²) in [6, 6.07) is 8.23. The zero-order chi connectivity index (χ0) is 17.0. The van der Waals surface area contributed by atoms with Crippen LogP contribution < -0.4 is 10.2 Å². The number of benzene rings is 1. The van der Waals surface area contributed by atoms with Gasteiger partial charge >= 0.3 is 0 Å². The van der Waals surface area contributed by atoms with Gasteiger partial charge in [-0.1, -0.05) is 18.2 Å². The van der Waals surface area contributed by atoms with Crippen molar-refractivity contribution in [2.24, 2.45) is 4.99 Å². The number of anilines is 1. The molecule has 1 aromatic rings. The zero-order valence-corrected chi connectivity index (χ0v) is 17.5. The largest absolute Gasteiger partial charge is 0.379 e. The Kier molecular flexibility index (Phi) is 7.47. The third-order valence-electron chi connectivity index (χ3n) is 4.36. The van der Waals surface area contributed by atoms with Crippen molar-refractivity contribution in [3.05, 3.63) is 29.8 Å². The van der Waals surface area contributed by atoms with Crippen molar-refractivity contribution in [3.8, 4) is 0 Å². The number of nitrogens with one attached hydrogen (secondary N) is 1. The Morgan fingerprint density at radius 3 is 2.68 bits per heavy atom. The lowest BCUT2D eigenvalue weighted by Crippen LogP contribution is -2.46. The molecule has 0 saturated carbocycles. The fourth-order valence-corrected chi connectivity index (χ4v) is 4.42. The van der Waals surface area contributed by atoms with Crippen molar-refractivity contribution in [1.82, 2.24) is 9.62 Å². The molecule has 0 aromatic heterocycles. The van der Waals surface area contributed by atoms with Crippen LogP contribution in [-0.4, -0.2) is 70.9 Å². The minimum absolute atomic E-state index is 0. The molecule has 1 saturated heterocycles. The molecule has 7 nitrogen and oxygen atoms in total. The minimum Gasteiger partial charge on any atom is -0.379 e. The number of hydrogen-bond donors (Lipinski definition) is 1. The smallest absolute Gasteiger partial charge is 0.215 e. The van der Waals surface area contributed by atoms with Gasteiger partial charge in [-0.3, -0.25) is 4.99 Å². The van der Waals surface area contributed by atoms with E-state index in [1.807, 2.05) is 12.1 Å². The van der Waals surface area contributed by atoms with Crippen molar-refractivity contribution in [2.45, 2.75) is 6.42 Å². The van der Waals surface area contributed by atoms with Gasteiger partial charge in [0.05, 0.1) is 19.0 Å². The maximum absolute atomic E-state index is 12.4. The predicted octanol–water partition coefficient (Wildman–Crippen LogP) is 0.905. The number of para-hydroxylation sites is 1. The minimum atomic E-state index is -3.25. The van der Waals surface area contributed by atoms with Gasteiger partial charge in [-0.05, 0) is 18.1 Å². The Balaban J connectivity index is 0.00000225. The third-order valence-corrected chi connectivity index (χ3v) is 6.23. The topological polar surface area (TPSA) is 74.2 Å². The molecule has 2 aliphatic heterocycles. The van der Waals surface area contributed by atoms with Crippen LogP contribution in [-0.2, 0) is 21.2 Å². The fraction of sp³-hybridized carbons (Fsp3) is 0.562. The van der Waals surface area contributed by atoms with Crippen molar-refractivity contribution in [2.75, 3.05) is 57.1 Å². The second-order valence-electron chi connectivity index (χ2n) is 5.83. The molecule has 0 radical (unpaired) electrons. The van der Waals surface area contributed by atoms with Gasteiger partial charge in [0, 0.05) is 38.9 Å². The molecular formula is C16H25IN4O3S. The zero-order valence-electron chi connectivity index (χ0n) is 14.3. The third kappa shape index (κ3) is 4.83. The summed E-state index contributed by atoms with van der Waals surface area (Å²) in [5.41, 5.74) is 2.43. The summed E-state index contributed by atoms with van der Waals surface area (Å²) in [6.07, 6.45) is 0.975. The maximum atomic E-state index is 12.4. The van der Waals surface area contributed by atoms with E-state index in [-0.39, 0.29) is 29.7 Å². The fourth-order valence-electron chi connectivity index (χ4n) is 3.10. The summed E-state index contributed by atoms with van der Waals surface area (Å²) >= 11 is 0. The number of morpholine rings is 1. The molecule has 0 amide bonds. The molecule has 2 heterocycles. The van der Waals surface area contributed by atoms with Gasteiger partial charge in [-0.25, -0.2) is 8.42 Å². The van der Waals surface area contributed by atoms with Crippen LogP contribution in [0.5, 0.6) is 0 Å². The molecule has 140 valence electrons. The number of sulfonamides is 1. The van der Waals surface area contributed by atoms with Crippen LogP contribution in [0, 0.1) is 0 Å². The Hall–Kier alpha value is -0.910. The first-order valence-corrected chi connectivity index (χ1v) is 9.84. The maximum Gasteiger partial charge on any atom is 0.215 e. The lowest BCUT2D eigenvalue weighted by atomic mass is 10.2. The summed E-state index contributed by atoms with van der Waals surface area (Å²) in [5.74, 6) is 0.777. The normalized spacial score (nSPS) is 18.6. The molecule has 0 bridgehead atoms.